The van der Waals surface area contributed by atoms with Crippen LogP contribution in [0.3, 0.4) is 0 Å². The minimum Gasteiger partial charge on any atom is -0.375 e. The molecule has 1 unspecified atom stereocenters. The summed E-state index contributed by atoms with van der Waals surface area (Å²) in [6, 6.07) is 0.724. The number of hydrogen-bond acceptors (Lipinski definition) is 3. The fourth-order valence-electron chi connectivity index (χ4n) is 2.67. The molecule has 3 heteroatoms. The van der Waals surface area contributed by atoms with Gasteiger partial charge in [0.15, 0.2) is 0 Å². The maximum Gasteiger partial charge on any atom is 0.0721 e. The Morgan fingerprint density at radius 2 is 2.00 bits per heavy atom. The number of ether oxygens (including phenoxy) is 1. The van der Waals surface area contributed by atoms with E-state index >= 15 is 0 Å². The van der Waals surface area contributed by atoms with E-state index in [0.29, 0.717) is 0 Å². The fraction of sp³-hybridized carbons (Fsp3) is 1.00. The first-order valence-corrected chi connectivity index (χ1v) is 5.73. The smallest absolute Gasteiger partial charge is 0.0721 e. The van der Waals surface area contributed by atoms with Crippen LogP contribution in [0, 0.1) is 0 Å². The Hall–Kier alpha value is -0.120. The zero-order valence-corrected chi connectivity index (χ0v) is 9.38. The van der Waals surface area contributed by atoms with Crippen LogP contribution in [0.4, 0.5) is 0 Å². The summed E-state index contributed by atoms with van der Waals surface area (Å²) in [6.45, 7) is 3.20. The highest BCUT2D eigenvalue weighted by molar-refractivity contribution is 4.93. The predicted octanol–water partition coefficient (Wildman–Crippen LogP) is 0.849. The van der Waals surface area contributed by atoms with Gasteiger partial charge in [0.25, 0.3) is 0 Å². The minimum atomic E-state index is 0.207. The van der Waals surface area contributed by atoms with Gasteiger partial charge in [-0.15, -0.1) is 0 Å². The molecule has 0 radical (unpaired) electrons. The third-order valence-electron chi connectivity index (χ3n) is 3.71. The second-order valence-electron chi connectivity index (χ2n) is 4.89. The summed E-state index contributed by atoms with van der Waals surface area (Å²) in [5.41, 5.74) is 0.207. The summed E-state index contributed by atoms with van der Waals surface area (Å²) in [6.07, 6.45) is 4.80. The highest BCUT2D eigenvalue weighted by atomic mass is 16.5. The molecule has 0 aliphatic carbocycles. The molecular weight excluding hydrogens is 176 g/mol. The number of rotatable bonds is 1. The van der Waals surface area contributed by atoms with Gasteiger partial charge in [-0.2, -0.15) is 0 Å². The van der Waals surface area contributed by atoms with E-state index in [1.54, 1.807) is 0 Å². The van der Waals surface area contributed by atoms with E-state index in [2.05, 4.69) is 24.3 Å². The normalized spacial score (nSPS) is 32.4. The van der Waals surface area contributed by atoms with Gasteiger partial charge < -0.3 is 15.0 Å². The van der Waals surface area contributed by atoms with Gasteiger partial charge in [-0.3, -0.25) is 0 Å². The quantitative estimate of drug-likeness (QED) is 0.676. The highest BCUT2D eigenvalue weighted by Crippen LogP contribution is 2.34. The first-order chi connectivity index (χ1) is 6.72. The summed E-state index contributed by atoms with van der Waals surface area (Å²) in [5.74, 6) is 0. The topological polar surface area (TPSA) is 24.5 Å². The van der Waals surface area contributed by atoms with Crippen molar-refractivity contribution in [2.45, 2.75) is 37.3 Å². The van der Waals surface area contributed by atoms with Gasteiger partial charge in [-0.25, -0.2) is 0 Å². The number of nitrogens with one attached hydrogen (secondary N) is 1. The second kappa shape index (κ2) is 4.17. The molecule has 2 fully saturated rings. The summed E-state index contributed by atoms with van der Waals surface area (Å²) in [7, 11) is 4.37. The Morgan fingerprint density at radius 3 is 2.64 bits per heavy atom. The van der Waals surface area contributed by atoms with Crippen LogP contribution < -0.4 is 5.32 Å². The number of nitrogens with zero attached hydrogens (tertiary/aromatic N) is 1. The van der Waals surface area contributed by atoms with E-state index in [0.717, 1.165) is 25.7 Å². The third-order valence-corrected chi connectivity index (χ3v) is 3.71. The van der Waals surface area contributed by atoms with Crippen molar-refractivity contribution in [3.05, 3.63) is 0 Å². The van der Waals surface area contributed by atoms with Crippen molar-refractivity contribution in [1.82, 2.24) is 10.2 Å². The monoisotopic (exact) mass is 198 g/mol. The van der Waals surface area contributed by atoms with Gasteiger partial charge in [-0.05, 0) is 52.9 Å². The van der Waals surface area contributed by atoms with Crippen molar-refractivity contribution in [3.8, 4) is 0 Å². The van der Waals surface area contributed by atoms with Crippen LogP contribution in [0.5, 0.6) is 0 Å². The summed E-state index contributed by atoms with van der Waals surface area (Å²) in [4.78, 5) is 2.35. The van der Waals surface area contributed by atoms with E-state index in [1.165, 1.54) is 25.7 Å². The lowest BCUT2D eigenvalue weighted by atomic mass is 9.82. The van der Waals surface area contributed by atoms with E-state index in [9.17, 15) is 0 Å². The van der Waals surface area contributed by atoms with Crippen LogP contribution in [0.2, 0.25) is 0 Å². The molecule has 14 heavy (non-hydrogen) atoms. The lowest BCUT2D eigenvalue weighted by Crippen LogP contribution is -2.51. The van der Waals surface area contributed by atoms with Crippen LogP contribution >= 0.6 is 0 Å². The average molecular weight is 198 g/mol. The molecule has 2 heterocycles. The van der Waals surface area contributed by atoms with Gasteiger partial charge >= 0.3 is 0 Å². The molecule has 0 amide bonds. The SMILES string of the molecule is CN(C)C1CCOC2(CCNCC2)C1. The van der Waals surface area contributed by atoms with Crippen molar-refractivity contribution in [2.75, 3.05) is 33.8 Å². The molecule has 0 bridgehead atoms. The lowest BCUT2D eigenvalue weighted by molar-refractivity contribution is -0.116. The first-order valence-electron chi connectivity index (χ1n) is 5.73. The zero-order chi connectivity index (χ0) is 10.0. The zero-order valence-electron chi connectivity index (χ0n) is 9.38. The molecule has 0 saturated carbocycles. The van der Waals surface area contributed by atoms with E-state index < -0.39 is 0 Å². The Labute approximate surface area is 86.8 Å². The van der Waals surface area contributed by atoms with Crippen molar-refractivity contribution in [2.24, 2.45) is 0 Å². The van der Waals surface area contributed by atoms with Gasteiger partial charge in [0.1, 0.15) is 0 Å². The molecule has 2 aliphatic heterocycles. The maximum absolute atomic E-state index is 6.02. The van der Waals surface area contributed by atoms with Crippen molar-refractivity contribution in [3.63, 3.8) is 0 Å². The summed E-state index contributed by atoms with van der Waals surface area (Å²) >= 11 is 0. The molecule has 0 aromatic rings. The minimum absolute atomic E-state index is 0.207. The fourth-order valence-corrected chi connectivity index (χ4v) is 2.67. The molecule has 1 spiro atoms. The third kappa shape index (κ3) is 2.10. The lowest BCUT2D eigenvalue weighted by Gasteiger charge is -2.45. The molecule has 0 aromatic heterocycles. The van der Waals surface area contributed by atoms with E-state index in [1.807, 2.05) is 0 Å². The van der Waals surface area contributed by atoms with Crippen LogP contribution in [0.25, 0.3) is 0 Å². The second-order valence-corrected chi connectivity index (χ2v) is 4.89. The standard InChI is InChI=1S/C11H22N2O/c1-13(2)10-3-8-14-11(9-10)4-6-12-7-5-11/h10,12H,3-9H2,1-2H3. The molecule has 2 aliphatic rings. The van der Waals surface area contributed by atoms with Crippen molar-refractivity contribution >= 4 is 0 Å². The molecule has 0 aromatic carbocycles. The molecule has 82 valence electrons. The molecule has 1 atom stereocenters. The van der Waals surface area contributed by atoms with Crippen LogP contribution in [0.1, 0.15) is 25.7 Å². The van der Waals surface area contributed by atoms with Gasteiger partial charge in [0, 0.05) is 12.6 Å². The highest BCUT2D eigenvalue weighted by Gasteiger charge is 2.38. The molecule has 2 saturated heterocycles. The Morgan fingerprint density at radius 1 is 1.29 bits per heavy atom. The predicted molar refractivity (Wildman–Crippen MR) is 57.5 cm³/mol. The first kappa shape index (κ1) is 10.4. The molecule has 2 rings (SSSR count). The summed E-state index contributed by atoms with van der Waals surface area (Å²) in [5, 5.41) is 3.41. The Kier molecular flexibility index (Phi) is 3.10. The number of piperidine rings is 1. The molecular formula is C11H22N2O. The van der Waals surface area contributed by atoms with Crippen LogP contribution in [-0.2, 0) is 4.74 Å². The Bertz CT molecular complexity index is 182. The number of hydrogen-bond donors (Lipinski definition) is 1. The van der Waals surface area contributed by atoms with Gasteiger partial charge in [0.2, 0.25) is 0 Å². The van der Waals surface area contributed by atoms with Crippen molar-refractivity contribution in [1.29, 1.82) is 0 Å². The van der Waals surface area contributed by atoms with Gasteiger partial charge in [-0.1, -0.05) is 0 Å². The van der Waals surface area contributed by atoms with E-state index in [4.69, 9.17) is 4.74 Å². The molecule has 3 nitrogen and oxygen atoms in total. The van der Waals surface area contributed by atoms with Crippen molar-refractivity contribution < 1.29 is 4.74 Å². The van der Waals surface area contributed by atoms with Gasteiger partial charge in [0.05, 0.1) is 5.60 Å². The average Bonchev–Trinajstić information content (AvgIpc) is 2.19. The van der Waals surface area contributed by atoms with E-state index in [-0.39, 0.29) is 5.60 Å². The van der Waals surface area contributed by atoms with Crippen LogP contribution in [-0.4, -0.2) is 50.3 Å². The van der Waals surface area contributed by atoms with Crippen LogP contribution in [0.15, 0.2) is 0 Å². The summed E-state index contributed by atoms with van der Waals surface area (Å²) < 4.78 is 6.02. The molecule has 1 N–H and O–H groups in total. The maximum atomic E-state index is 6.02. The largest absolute Gasteiger partial charge is 0.375 e. The Balaban J connectivity index is 1.97.